The Bertz CT molecular complexity index is 719. The predicted octanol–water partition coefficient (Wildman–Crippen LogP) is 2.70. The molecule has 0 unspecified atom stereocenters. The maximum absolute atomic E-state index is 13.3. The minimum absolute atomic E-state index is 0.0419. The molecule has 3 rings (SSSR count). The molecule has 1 aliphatic heterocycles. The van der Waals surface area contributed by atoms with Crippen LogP contribution in [-0.4, -0.2) is 29.6 Å². The van der Waals surface area contributed by atoms with E-state index in [1.54, 1.807) is 19.1 Å². The number of ether oxygens (including phenoxy) is 1. The predicted molar refractivity (Wildman–Crippen MR) is 87.8 cm³/mol. The van der Waals surface area contributed by atoms with E-state index in [0.717, 1.165) is 12.0 Å². The van der Waals surface area contributed by atoms with Crippen LogP contribution in [0.3, 0.4) is 0 Å². The van der Waals surface area contributed by atoms with Gasteiger partial charge in [-0.3, -0.25) is 10.1 Å². The maximum atomic E-state index is 13.3. The molecule has 0 spiro atoms. The van der Waals surface area contributed by atoms with E-state index in [-0.39, 0.29) is 17.8 Å². The van der Waals surface area contributed by atoms with E-state index in [9.17, 15) is 9.18 Å². The van der Waals surface area contributed by atoms with Crippen molar-refractivity contribution in [3.05, 3.63) is 35.0 Å². The van der Waals surface area contributed by atoms with Crippen LogP contribution in [0.4, 0.5) is 9.52 Å². The fraction of sp³-hybridized carbons (Fsp3) is 0.375. The summed E-state index contributed by atoms with van der Waals surface area (Å²) >= 11 is 1.33. The summed E-state index contributed by atoms with van der Waals surface area (Å²) in [5, 5.41) is 5.11. The van der Waals surface area contributed by atoms with Gasteiger partial charge in [0.15, 0.2) is 5.13 Å². The van der Waals surface area contributed by atoms with Crippen LogP contribution in [-0.2, 0) is 9.53 Å². The molecule has 3 N–H and O–H groups in total. The number of carbonyl (C=O) groups excluding carboxylic acids is 1. The van der Waals surface area contributed by atoms with Crippen LogP contribution in [0.1, 0.15) is 18.4 Å². The van der Waals surface area contributed by atoms with E-state index in [4.69, 9.17) is 10.5 Å². The molecule has 1 aromatic carbocycles. The Hall–Kier alpha value is -1.83. The highest BCUT2D eigenvalue weighted by Crippen LogP contribution is 2.27. The van der Waals surface area contributed by atoms with Crippen LogP contribution in [0.15, 0.2) is 23.6 Å². The summed E-state index contributed by atoms with van der Waals surface area (Å²) in [6, 6.07) is 4.83. The van der Waals surface area contributed by atoms with Crippen LogP contribution in [0.25, 0.3) is 11.3 Å². The number of thiazole rings is 1. The Kier molecular flexibility index (Phi) is 4.70. The van der Waals surface area contributed by atoms with Gasteiger partial charge in [0.2, 0.25) is 0 Å². The van der Waals surface area contributed by atoms with E-state index < -0.39 is 6.10 Å². The van der Waals surface area contributed by atoms with Gasteiger partial charge in [0.1, 0.15) is 11.9 Å². The van der Waals surface area contributed by atoms with E-state index in [1.807, 2.05) is 5.38 Å². The molecule has 1 saturated heterocycles. The van der Waals surface area contributed by atoms with Gasteiger partial charge in [-0.15, -0.1) is 11.3 Å². The minimum Gasteiger partial charge on any atom is -0.364 e. The Morgan fingerprint density at radius 3 is 3.04 bits per heavy atom. The molecule has 1 fully saturated rings. The number of aryl methyl sites for hydroxylation is 1. The fourth-order valence-electron chi connectivity index (χ4n) is 2.53. The van der Waals surface area contributed by atoms with Crippen molar-refractivity contribution in [3.8, 4) is 11.3 Å². The average molecular weight is 335 g/mol. The van der Waals surface area contributed by atoms with Crippen LogP contribution in [0, 0.1) is 12.7 Å². The number of hydrogen-bond donors (Lipinski definition) is 2. The molecule has 0 radical (unpaired) electrons. The lowest BCUT2D eigenvalue weighted by Crippen LogP contribution is -2.29. The highest BCUT2D eigenvalue weighted by atomic mass is 32.1. The van der Waals surface area contributed by atoms with Gasteiger partial charge in [0.05, 0.1) is 11.8 Å². The van der Waals surface area contributed by atoms with Crippen LogP contribution in [0.2, 0.25) is 0 Å². The van der Waals surface area contributed by atoms with Crippen molar-refractivity contribution in [2.24, 2.45) is 5.73 Å². The van der Waals surface area contributed by atoms with Crippen molar-refractivity contribution in [3.63, 3.8) is 0 Å². The number of nitrogens with one attached hydrogen (secondary N) is 1. The zero-order valence-corrected chi connectivity index (χ0v) is 13.5. The molecular weight excluding hydrogens is 317 g/mol. The Labute approximate surface area is 137 Å². The number of carbonyl (C=O) groups is 1. The zero-order chi connectivity index (χ0) is 16.4. The number of hydrogen-bond acceptors (Lipinski definition) is 5. The van der Waals surface area contributed by atoms with Gasteiger partial charge in [0.25, 0.3) is 5.91 Å². The molecule has 7 heteroatoms. The second-order valence-electron chi connectivity index (χ2n) is 5.55. The summed E-state index contributed by atoms with van der Waals surface area (Å²) in [6.45, 7) is 2.13. The number of rotatable bonds is 4. The first-order valence-corrected chi connectivity index (χ1v) is 8.33. The molecule has 1 aromatic heterocycles. The largest absolute Gasteiger partial charge is 0.364 e. The Morgan fingerprint density at radius 2 is 2.35 bits per heavy atom. The molecule has 0 saturated carbocycles. The van der Waals surface area contributed by atoms with E-state index >= 15 is 0 Å². The summed E-state index contributed by atoms with van der Waals surface area (Å²) in [6.07, 6.45) is 0.958. The van der Waals surface area contributed by atoms with Crippen molar-refractivity contribution in [1.29, 1.82) is 0 Å². The van der Waals surface area contributed by atoms with Gasteiger partial charge in [-0.2, -0.15) is 0 Å². The second-order valence-corrected chi connectivity index (χ2v) is 6.41. The van der Waals surface area contributed by atoms with Gasteiger partial charge in [-0.25, -0.2) is 9.37 Å². The minimum atomic E-state index is -0.469. The Balaban J connectivity index is 1.67. The summed E-state index contributed by atoms with van der Waals surface area (Å²) in [7, 11) is 0. The SMILES string of the molecule is Cc1cc(-c2csc(NC(=O)[C@@H]3CC[C@H](CN)O3)n2)ccc1F. The molecule has 0 aliphatic carbocycles. The summed E-state index contributed by atoms with van der Waals surface area (Å²) in [4.78, 5) is 16.5. The molecule has 23 heavy (non-hydrogen) atoms. The molecule has 0 bridgehead atoms. The van der Waals surface area contributed by atoms with E-state index in [1.165, 1.54) is 17.4 Å². The number of nitrogens with zero attached hydrogens (tertiary/aromatic N) is 1. The van der Waals surface area contributed by atoms with Gasteiger partial charge in [0, 0.05) is 17.5 Å². The lowest BCUT2D eigenvalue weighted by atomic mass is 10.1. The summed E-state index contributed by atoms with van der Waals surface area (Å²) in [5.74, 6) is -0.442. The van der Waals surface area contributed by atoms with Crippen molar-refractivity contribution in [2.45, 2.75) is 32.0 Å². The smallest absolute Gasteiger partial charge is 0.255 e. The van der Waals surface area contributed by atoms with E-state index in [2.05, 4.69) is 10.3 Å². The van der Waals surface area contributed by atoms with Gasteiger partial charge < -0.3 is 10.5 Å². The third kappa shape index (κ3) is 3.57. The van der Waals surface area contributed by atoms with Crippen molar-refractivity contribution in [2.75, 3.05) is 11.9 Å². The second kappa shape index (κ2) is 6.74. The quantitative estimate of drug-likeness (QED) is 0.900. The van der Waals surface area contributed by atoms with Crippen molar-refractivity contribution < 1.29 is 13.9 Å². The number of halogens is 1. The lowest BCUT2D eigenvalue weighted by molar-refractivity contribution is -0.126. The lowest BCUT2D eigenvalue weighted by Gasteiger charge is -2.11. The topological polar surface area (TPSA) is 77.2 Å². The third-order valence-corrected chi connectivity index (χ3v) is 4.61. The van der Waals surface area contributed by atoms with Crippen LogP contribution >= 0.6 is 11.3 Å². The first kappa shape index (κ1) is 16.0. The number of aromatic nitrogens is 1. The molecule has 1 aliphatic rings. The molecule has 5 nitrogen and oxygen atoms in total. The summed E-state index contributed by atoms with van der Waals surface area (Å²) < 4.78 is 18.9. The normalized spacial score (nSPS) is 20.7. The van der Waals surface area contributed by atoms with Gasteiger partial charge in [-0.1, -0.05) is 0 Å². The molecule has 2 heterocycles. The van der Waals surface area contributed by atoms with Gasteiger partial charge in [-0.05, 0) is 43.5 Å². The Morgan fingerprint density at radius 1 is 1.52 bits per heavy atom. The standard InChI is InChI=1S/C16H18FN3O2S/c1-9-6-10(2-4-12(9)17)13-8-23-16(19-13)20-15(21)14-5-3-11(7-18)22-14/h2,4,6,8,11,14H,3,5,7,18H2,1H3,(H,19,20,21)/t11-,14+/m1/s1. The highest BCUT2D eigenvalue weighted by molar-refractivity contribution is 7.14. The fourth-order valence-corrected chi connectivity index (χ4v) is 3.25. The molecule has 2 atom stereocenters. The molecular formula is C16H18FN3O2S. The van der Waals surface area contributed by atoms with Crippen LogP contribution < -0.4 is 11.1 Å². The number of nitrogens with two attached hydrogens (primary N) is 1. The van der Waals surface area contributed by atoms with Crippen LogP contribution in [0.5, 0.6) is 0 Å². The first-order valence-electron chi connectivity index (χ1n) is 7.45. The molecule has 122 valence electrons. The van der Waals surface area contributed by atoms with Gasteiger partial charge >= 0.3 is 0 Å². The zero-order valence-electron chi connectivity index (χ0n) is 12.7. The van der Waals surface area contributed by atoms with Crippen molar-refractivity contribution in [1.82, 2.24) is 4.98 Å². The van der Waals surface area contributed by atoms with E-state index in [0.29, 0.717) is 29.4 Å². The number of benzene rings is 1. The third-order valence-electron chi connectivity index (χ3n) is 3.85. The monoisotopic (exact) mass is 335 g/mol. The molecule has 2 aromatic rings. The number of anilines is 1. The highest BCUT2D eigenvalue weighted by Gasteiger charge is 2.30. The number of amides is 1. The maximum Gasteiger partial charge on any atom is 0.255 e. The average Bonchev–Trinajstić information content (AvgIpc) is 3.19. The molecule has 1 amide bonds. The summed E-state index contributed by atoms with van der Waals surface area (Å²) in [5.41, 5.74) is 7.64. The first-order chi connectivity index (χ1) is 11.1. The van der Waals surface area contributed by atoms with Crippen molar-refractivity contribution >= 4 is 22.4 Å².